The number of nitrogens with zero attached hydrogens (tertiary/aromatic N) is 2. The van der Waals surface area contributed by atoms with Gasteiger partial charge in [0.05, 0.1) is 24.5 Å². The van der Waals surface area contributed by atoms with E-state index < -0.39 is 23.9 Å². The van der Waals surface area contributed by atoms with Gasteiger partial charge in [-0.1, -0.05) is 91.4 Å². The summed E-state index contributed by atoms with van der Waals surface area (Å²) in [5, 5.41) is 32.5. The number of benzene rings is 3. The van der Waals surface area contributed by atoms with Crippen LogP contribution >= 0.6 is 0 Å². The van der Waals surface area contributed by atoms with Crippen molar-refractivity contribution in [1.82, 2.24) is 9.80 Å². The average Bonchev–Trinajstić information content (AvgIpc) is 3.35. The second-order valence-corrected chi connectivity index (χ2v) is 13.3. The summed E-state index contributed by atoms with van der Waals surface area (Å²) in [7, 11) is 0. The first-order chi connectivity index (χ1) is 22.9. The Morgan fingerprint density at radius 2 is 1.64 bits per heavy atom. The molecule has 0 unspecified atom stereocenters. The van der Waals surface area contributed by atoms with E-state index in [-0.39, 0.29) is 30.2 Å². The molecule has 7 nitrogen and oxygen atoms in total. The molecule has 47 heavy (non-hydrogen) atoms. The molecule has 0 spiro atoms. The van der Waals surface area contributed by atoms with E-state index >= 15 is 0 Å². The minimum atomic E-state index is -0.863. The molecule has 2 fully saturated rings. The quantitative estimate of drug-likeness (QED) is 0.135. The third kappa shape index (κ3) is 7.13. The normalized spacial score (nSPS) is 23.3. The number of aliphatic hydroxyl groups excluding tert-OH is 2. The molecule has 3 aromatic carbocycles. The third-order valence-electron chi connectivity index (χ3n) is 10.4. The van der Waals surface area contributed by atoms with E-state index in [9.17, 15) is 24.9 Å². The van der Waals surface area contributed by atoms with Crippen LogP contribution < -0.4 is 0 Å². The Balaban J connectivity index is 1.18. The monoisotopic (exact) mass is 634 g/mol. The number of carbonyl (C=O) groups excluding carboxylic acids is 2. The molecule has 0 saturated carbocycles. The van der Waals surface area contributed by atoms with Crippen LogP contribution in [0.1, 0.15) is 62.1 Å². The predicted molar refractivity (Wildman–Crippen MR) is 184 cm³/mol. The SMILES string of the molecule is CCC1=C([C@H](O)CC/C(=C/c2cccc(O)c2)c2ccccc2)[C@H](CO)[C@@H]2C(=O)N(C3CCN(Cc4ccccc4)CC3)C(=O)[C@@H]2C1. The molecule has 0 radical (unpaired) electrons. The van der Waals surface area contributed by atoms with E-state index in [1.165, 1.54) is 10.5 Å². The van der Waals surface area contributed by atoms with Crippen LogP contribution in [-0.2, 0) is 16.1 Å². The number of hydrogen-bond acceptors (Lipinski definition) is 6. The van der Waals surface area contributed by atoms with Crippen molar-refractivity contribution in [2.75, 3.05) is 19.7 Å². The van der Waals surface area contributed by atoms with Crippen LogP contribution in [0.5, 0.6) is 5.75 Å². The van der Waals surface area contributed by atoms with Crippen LogP contribution in [0.2, 0.25) is 0 Å². The maximum Gasteiger partial charge on any atom is 0.234 e. The van der Waals surface area contributed by atoms with Crippen molar-refractivity contribution in [3.63, 3.8) is 0 Å². The highest BCUT2D eigenvalue weighted by Gasteiger charge is 2.56. The summed E-state index contributed by atoms with van der Waals surface area (Å²) in [6, 6.07) is 27.3. The van der Waals surface area contributed by atoms with Crippen LogP contribution in [0.25, 0.3) is 11.6 Å². The van der Waals surface area contributed by atoms with Crippen LogP contribution in [0.3, 0.4) is 0 Å². The highest BCUT2D eigenvalue weighted by molar-refractivity contribution is 6.06. The number of likely N-dealkylation sites (tertiary alicyclic amines) is 2. The minimum absolute atomic E-state index is 0.111. The first-order valence-electron chi connectivity index (χ1n) is 17.1. The Labute approximate surface area is 277 Å². The number of aliphatic hydroxyl groups is 2. The van der Waals surface area contributed by atoms with Gasteiger partial charge in [0.2, 0.25) is 11.8 Å². The number of fused-ring (bicyclic) bond motifs is 1. The number of piperidine rings is 1. The predicted octanol–water partition coefficient (Wildman–Crippen LogP) is 6.06. The summed E-state index contributed by atoms with van der Waals surface area (Å²) in [5.74, 6) is -1.83. The summed E-state index contributed by atoms with van der Waals surface area (Å²) >= 11 is 0. The zero-order valence-corrected chi connectivity index (χ0v) is 27.2. The molecule has 0 aromatic heterocycles. The van der Waals surface area contributed by atoms with Crippen LogP contribution in [0, 0.1) is 17.8 Å². The molecule has 0 bridgehead atoms. The fourth-order valence-electron chi connectivity index (χ4n) is 8.08. The Kier molecular flexibility index (Phi) is 10.4. The molecular formula is C40H46N2O5. The Morgan fingerprint density at radius 1 is 0.936 bits per heavy atom. The van der Waals surface area contributed by atoms with Gasteiger partial charge in [0, 0.05) is 31.6 Å². The average molecular weight is 635 g/mol. The zero-order valence-electron chi connectivity index (χ0n) is 27.2. The lowest BCUT2D eigenvalue weighted by Crippen LogP contribution is -2.47. The molecular weight excluding hydrogens is 588 g/mol. The van der Waals surface area contributed by atoms with Gasteiger partial charge in [-0.15, -0.1) is 0 Å². The lowest BCUT2D eigenvalue weighted by Gasteiger charge is -2.37. The topological polar surface area (TPSA) is 101 Å². The number of rotatable bonds is 11. The fraction of sp³-hybridized carbons (Fsp3) is 0.400. The van der Waals surface area contributed by atoms with Crippen LogP contribution in [0.15, 0.2) is 96.1 Å². The van der Waals surface area contributed by atoms with E-state index in [1.807, 2.05) is 67.6 Å². The third-order valence-corrected chi connectivity index (χ3v) is 10.4. The number of hydrogen-bond donors (Lipinski definition) is 3. The second kappa shape index (κ2) is 14.8. The van der Waals surface area contributed by atoms with Gasteiger partial charge in [0.1, 0.15) is 5.75 Å². The Morgan fingerprint density at radius 3 is 2.30 bits per heavy atom. The molecule has 2 aliphatic heterocycles. The van der Waals surface area contributed by atoms with Gasteiger partial charge in [0.15, 0.2) is 0 Å². The van der Waals surface area contributed by atoms with E-state index in [2.05, 4.69) is 17.0 Å². The maximum absolute atomic E-state index is 14.1. The molecule has 2 heterocycles. The van der Waals surface area contributed by atoms with Gasteiger partial charge < -0.3 is 15.3 Å². The van der Waals surface area contributed by atoms with Gasteiger partial charge in [-0.2, -0.15) is 0 Å². The van der Waals surface area contributed by atoms with Crippen LogP contribution in [0.4, 0.5) is 0 Å². The van der Waals surface area contributed by atoms with Crippen molar-refractivity contribution in [3.05, 3.63) is 113 Å². The molecule has 3 aromatic rings. The van der Waals surface area contributed by atoms with Gasteiger partial charge in [-0.25, -0.2) is 0 Å². The Hall–Kier alpha value is -4.04. The summed E-state index contributed by atoms with van der Waals surface area (Å²) in [4.78, 5) is 31.9. The summed E-state index contributed by atoms with van der Waals surface area (Å²) in [6.07, 6.45) is 4.69. The molecule has 2 amide bonds. The van der Waals surface area contributed by atoms with E-state index in [1.54, 1.807) is 18.2 Å². The number of aromatic hydroxyl groups is 1. The van der Waals surface area contributed by atoms with E-state index in [4.69, 9.17) is 0 Å². The highest BCUT2D eigenvalue weighted by Crippen LogP contribution is 2.48. The molecule has 4 atom stereocenters. The number of carbonyl (C=O) groups is 2. The highest BCUT2D eigenvalue weighted by atomic mass is 16.3. The number of phenols is 1. The first kappa shape index (κ1) is 32.9. The van der Waals surface area contributed by atoms with Crippen LogP contribution in [-0.4, -0.2) is 68.8 Å². The molecule has 2 saturated heterocycles. The van der Waals surface area contributed by atoms with E-state index in [0.717, 1.165) is 60.3 Å². The van der Waals surface area contributed by atoms with Crippen molar-refractivity contribution in [3.8, 4) is 5.75 Å². The maximum atomic E-state index is 14.1. The molecule has 6 rings (SSSR count). The molecule has 7 heteroatoms. The standard InChI is InChI=1S/C40H46N2O5/c1-2-29-24-34-38(40(47)42(39(34)46)32-18-20-41(21-19-32)25-27-10-5-3-6-11-27)35(26-43)37(29)36(45)17-16-31(30-13-7-4-8-14-30)22-28-12-9-15-33(44)23-28/h3-15,22-23,32,34-36,38,43-45H,2,16-21,24-26H2,1H3/b31-22-/t34-,35+,36-,38-/m1/s1. The van der Waals surface area contributed by atoms with Gasteiger partial charge in [-0.3, -0.25) is 19.4 Å². The van der Waals surface area contributed by atoms with Crippen molar-refractivity contribution in [2.45, 2.75) is 64.1 Å². The van der Waals surface area contributed by atoms with Crippen molar-refractivity contribution in [2.24, 2.45) is 17.8 Å². The summed E-state index contributed by atoms with van der Waals surface area (Å²) < 4.78 is 0. The summed E-state index contributed by atoms with van der Waals surface area (Å²) in [5.41, 5.74) is 5.88. The summed E-state index contributed by atoms with van der Waals surface area (Å²) in [6.45, 7) is 4.22. The van der Waals surface area contributed by atoms with E-state index in [0.29, 0.717) is 25.7 Å². The minimum Gasteiger partial charge on any atom is -0.508 e. The van der Waals surface area contributed by atoms with Gasteiger partial charge in [0.25, 0.3) is 0 Å². The second-order valence-electron chi connectivity index (χ2n) is 13.3. The molecule has 246 valence electrons. The van der Waals surface area contributed by atoms with Crippen molar-refractivity contribution < 1.29 is 24.9 Å². The molecule has 3 aliphatic rings. The number of imide groups is 1. The van der Waals surface area contributed by atoms with Gasteiger partial charge in [-0.05, 0) is 78.5 Å². The zero-order chi connectivity index (χ0) is 32.9. The number of amides is 2. The first-order valence-corrected chi connectivity index (χ1v) is 17.1. The number of phenolic OH excluding ortho intramolecular Hbond substituents is 1. The molecule has 1 aliphatic carbocycles. The largest absolute Gasteiger partial charge is 0.508 e. The molecule has 3 N–H and O–H groups in total. The lowest BCUT2D eigenvalue weighted by molar-refractivity contribution is -0.144. The Bertz CT molecular complexity index is 1610. The van der Waals surface area contributed by atoms with Crippen molar-refractivity contribution in [1.29, 1.82) is 0 Å². The fourth-order valence-corrected chi connectivity index (χ4v) is 8.08. The number of allylic oxidation sites excluding steroid dienone is 2. The lowest BCUT2D eigenvalue weighted by atomic mass is 9.67. The smallest absolute Gasteiger partial charge is 0.234 e. The van der Waals surface area contributed by atoms with Gasteiger partial charge >= 0.3 is 0 Å². The van der Waals surface area contributed by atoms with Crippen molar-refractivity contribution >= 4 is 23.5 Å².